The maximum atomic E-state index is 12.5. The molecular formula is C18H21ClN3O3+. The fraction of sp³-hybridized carbons (Fsp3) is 0.333. The number of nitrogens with zero attached hydrogens (tertiary/aromatic N) is 1. The largest absolute Gasteiger partial charge is 0.349 e. The fourth-order valence-electron chi connectivity index (χ4n) is 2.10. The zero-order valence-corrected chi connectivity index (χ0v) is 15.3. The average Bonchev–Trinajstić information content (AvgIpc) is 2.53. The van der Waals surface area contributed by atoms with E-state index in [1.54, 1.807) is 18.2 Å². The van der Waals surface area contributed by atoms with E-state index in [0.717, 1.165) is 0 Å². The Hall–Kier alpha value is -2.47. The van der Waals surface area contributed by atoms with Gasteiger partial charge in [0, 0.05) is 30.3 Å². The number of halogens is 1. The molecule has 1 heterocycles. The topological polar surface area (TPSA) is 86.4 Å². The number of pyridine rings is 1. The van der Waals surface area contributed by atoms with E-state index in [-0.39, 0.29) is 28.2 Å². The van der Waals surface area contributed by atoms with Crippen LogP contribution in [0.3, 0.4) is 0 Å². The molecule has 25 heavy (non-hydrogen) atoms. The Morgan fingerprint density at radius 3 is 2.56 bits per heavy atom. The maximum Gasteiger partial charge on any atom is 0.274 e. The Kier molecular flexibility index (Phi) is 5.42. The quantitative estimate of drug-likeness (QED) is 0.508. The number of hydrogen-bond acceptors (Lipinski definition) is 3. The maximum absolute atomic E-state index is 12.5. The SMILES string of the molecule is CC(NC(=O)c1cc(Cl)[nH+]c(-c2cccc([N+](=O)[O-])c2)c1)C(C)(C)C. The van der Waals surface area contributed by atoms with Crippen molar-refractivity contribution in [2.75, 3.05) is 0 Å². The monoisotopic (exact) mass is 362 g/mol. The predicted molar refractivity (Wildman–Crippen MR) is 96.5 cm³/mol. The van der Waals surface area contributed by atoms with Crippen LogP contribution in [0.25, 0.3) is 11.3 Å². The first kappa shape index (κ1) is 18.9. The van der Waals surface area contributed by atoms with E-state index in [9.17, 15) is 14.9 Å². The number of nitro benzene ring substituents is 1. The van der Waals surface area contributed by atoms with Crippen LogP contribution >= 0.6 is 11.6 Å². The number of nitro groups is 1. The highest BCUT2D eigenvalue weighted by molar-refractivity contribution is 6.28. The van der Waals surface area contributed by atoms with Gasteiger partial charge in [0.25, 0.3) is 16.7 Å². The molecule has 2 aromatic rings. The van der Waals surface area contributed by atoms with E-state index in [0.29, 0.717) is 16.8 Å². The van der Waals surface area contributed by atoms with Crippen molar-refractivity contribution < 1.29 is 14.7 Å². The van der Waals surface area contributed by atoms with Crippen molar-refractivity contribution in [3.63, 3.8) is 0 Å². The number of nitrogens with one attached hydrogen (secondary N) is 2. The summed E-state index contributed by atoms with van der Waals surface area (Å²) in [4.78, 5) is 25.9. The first-order chi connectivity index (χ1) is 11.6. The lowest BCUT2D eigenvalue weighted by Crippen LogP contribution is -2.41. The fourth-order valence-corrected chi connectivity index (χ4v) is 2.32. The van der Waals surface area contributed by atoms with E-state index in [1.165, 1.54) is 18.2 Å². The second kappa shape index (κ2) is 7.19. The molecule has 2 rings (SSSR count). The minimum Gasteiger partial charge on any atom is -0.349 e. The van der Waals surface area contributed by atoms with Crippen molar-refractivity contribution in [3.8, 4) is 11.3 Å². The molecule has 1 amide bonds. The zero-order chi connectivity index (χ0) is 18.8. The minimum absolute atomic E-state index is 0.0294. The molecule has 0 saturated carbocycles. The predicted octanol–water partition coefficient (Wildman–Crippen LogP) is 3.89. The lowest BCUT2D eigenvalue weighted by Gasteiger charge is -2.28. The molecule has 0 bridgehead atoms. The normalized spacial score (nSPS) is 12.5. The Balaban J connectivity index is 2.36. The Labute approximate surface area is 151 Å². The summed E-state index contributed by atoms with van der Waals surface area (Å²) in [6.07, 6.45) is 0. The molecular weight excluding hydrogens is 342 g/mol. The molecule has 0 fully saturated rings. The van der Waals surface area contributed by atoms with Gasteiger partial charge in [0.1, 0.15) is 0 Å². The van der Waals surface area contributed by atoms with Crippen molar-refractivity contribution in [3.05, 3.63) is 57.2 Å². The molecule has 6 nitrogen and oxygen atoms in total. The summed E-state index contributed by atoms with van der Waals surface area (Å²) in [6.45, 7) is 8.06. The number of benzene rings is 1. The third-order valence-corrected chi connectivity index (χ3v) is 4.32. The second-order valence-corrected chi connectivity index (χ2v) is 7.41. The zero-order valence-electron chi connectivity index (χ0n) is 14.6. The molecule has 1 aromatic heterocycles. The van der Waals surface area contributed by atoms with E-state index in [2.05, 4.69) is 10.3 Å². The van der Waals surface area contributed by atoms with Crippen molar-refractivity contribution in [1.82, 2.24) is 5.32 Å². The summed E-state index contributed by atoms with van der Waals surface area (Å²) < 4.78 is 0. The lowest BCUT2D eigenvalue weighted by molar-refractivity contribution is -0.385. The summed E-state index contributed by atoms with van der Waals surface area (Å²) in [5, 5.41) is 14.2. The first-order valence-corrected chi connectivity index (χ1v) is 8.24. The standard InChI is InChI=1S/C18H20ClN3O3/c1-11(18(2,3)4)20-17(23)13-9-15(21-16(19)10-13)12-6-5-7-14(8-12)22(24)25/h5-11H,1-4H3,(H,20,23)/p+1. The Morgan fingerprint density at radius 2 is 1.96 bits per heavy atom. The van der Waals surface area contributed by atoms with Gasteiger partial charge in [-0.05, 0) is 30.0 Å². The lowest BCUT2D eigenvalue weighted by atomic mass is 9.88. The van der Waals surface area contributed by atoms with Gasteiger partial charge in [0.2, 0.25) is 5.69 Å². The van der Waals surface area contributed by atoms with Crippen LogP contribution in [-0.2, 0) is 0 Å². The molecule has 1 unspecified atom stereocenters. The van der Waals surface area contributed by atoms with Gasteiger partial charge in [-0.25, -0.2) is 0 Å². The van der Waals surface area contributed by atoms with Crippen LogP contribution in [0.15, 0.2) is 36.4 Å². The smallest absolute Gasteiger partial charge is 0.274 e. The third-order valence-electron chi connectivity index (χ3n) is 4.11. The van der Waals surface area contributed by atoms with Crippen LogP contribution in [-0.4, -0.2) is 16.9 Å². The van der Waals surface area contributed by atoms with Crippen LogP contribution < -0.4 is 10.3 Å². The highest BCUT2D eigenvalue weighted by atomic mass is 35.5. The number of hydrogen-bond donors (Lipinski definition) is 1. The van der Waals surface area contributed by atoms with Crippen LogP contribution in [0.5, 0.6) is 0 Å². The number of aromatic amines is 1. The molecule has 2 N–H and O–H groups in total. The van der Waals surface area contributed by atoms with Crippen molar-refractivity contribution in [2.45, 2.75) is 33.7 Å². The highest BCUT2D eigenvalue weighted by Crippen LogP contribution is 2.23. The average molecular weight is 363 g/mol. The molecule has 1 atom stereocenters. The summed E-state index contributed by atoms with van der Waals surface area (Å²) in [7, 11) is 0. The number of H-pyrrole nitrogens is 1. The van der Waals surface area contributed by atoms with Gasteiger partial charge in [-0.3, -0.25) is 14.9 Å². The van der Waals surface area contributed by atoms with Gasteiger partial charge in [-0.1, -0.05) is 26.8 Å². The van der Waals surface area contributed by atoms with Crippen LogP contribution in [0.1, 0.15) is 38.1 Å². The molecule has 0 radical (unpaired) electrons. The van der Waals surface area contributed by atoms with Gasteiger partial charge < -0.3 is 5.32 Å². The number of carbonyl (C=O) groups is 1. The van der Waals surface area contributed by atoms with E-state index in [1.807, 2.05) is 27.7 Å². The number of aromatic nitrogens is 1. The Morgan fingerprint density at radius 1 is 1.28 bits per heavy atom. The summed E-state index contributed by atoms with van der Waals surface area (Å²) in [5.74, 6) is -0.245. The summed E-state index contributed by atoms with van der Waals surface area (Å²) >= 11 is 6.10. The summed E-state index contributed by atoms with van der Waals surface area (Å²) in [6, 6.07) is 9.28. The van der Waals surface area contributed by atoms with Gasteiger partial charge in [-0.15, -0.1) is 0 Å². The highest BCUT2D eigenvalue weighted by Gasteiger charge is 2.24. The first-order valence-electron chi connectivity index (χ1n) is 7.86. The van der Waals surface area contributed by atoms with Gasteiger partial charge in [0.15, 0.2) is 0 Å². The second-order valence-electron chi connectivity index (χ2n) is 7.00. The number of amides is 1. The van der Waals surface area contributed by atoms with E-state index >= 15 is 0 Å². The third kappa shape index (κ3) is 4.76. The van der Waals surface area contributed by atoms with Crippen molar-refractivity contribution in [1.29, 1.82) is 0 Å². The van der Waals surface area contributed by atoms with E-state index < -0.39 is 4.92 Å². The number of carbonyl (C=O) groups excluding carboxylic acids is 1. The van der Waals surface area contributed by atoms with Gasteiger partial charge in [-0.2, -0.15) is 4.98 Å². The number of non-ortho nitro benzene ring substituents is 1. The number of rotatable bonds is 4. The molecule has 0 saturated heterocycles. The minimum atomic E-state index is -0.466. The van der Waals surface area contributed by atoms with Crippen molar-refractivity contribution >= 4 is 23.2 Å². The van der Waals surface area contributed by atoms with Gasteiger partial charge in [0.05, 0.1) is 16.1 Å². The molecule has 1 aromatic carbocycles. The Bertz CT molecular complexity index is 815. The summed E-state index contributed by atoms with van der Waals surface area (Å²) in [5.41, 5.74) is 1.39. The molecule has 0 aliphatic rings. The molecule has 0 aliphatic carbocycles. The van der Waals surface area contributed by atoms with Crippen LogP contribution in [0, 0.1) is 15.5 Å². The van der Waals surface area contributed by atoms with Gasteiger partial charge >= 0.3 is 0 Å². The molecule has 7 heteroatoms. The molecule has 132 valence electrons. The van der Waals surface area contributed by atoms with Crippen LogP contribution in [0.2, 0.25) is 5.15 Å². The van der Waals surface area contributed by atoms with E-state index in [4.69, 9.17) is 11.6 Å². The molecule has 0 spiro atoms. The van der Waals surface area contributed by atoms with Crippen LogP contribution in [0.4, 0.5) is 5.69 Å². The van der Waals surface area contributed by atoms with Crippen molar-refractivity contribution in [2.24, 2.45) is 5.41 Å². The molecule has 0 aliphatic heterocycles.